The number of nitrogens with one attached hydrogen (secondary N) is 1. The molecule has 6 nitrogen and oxygen atoms in total. The fourth-order valence-corrected chi connectivity index (χ4v) is 1.12. The van der Waals surface area contributed by atoms with Gasteiger partial charge in [-0.3, -0.25) is 4.79 Å². The maximum absolute atomic E-state index is 10.5. The molecule has 15 heavy (non-hydrogen) atoms. The van der Waals surface area contributed by atoms with Crippen LogP contribution in [0.25, 0.3) is 0 Å². The van der Waals surface area contributed by atoms with Crippen LogP contribution in [0.15, 0.2) is 6.33 Å². The molecule has 0 aliphatic carbocycles. The van der Waals surface area contributed by atoms with E-state index in [9.17, 15) is 4.79 Å². The van der Waals surface area contributed by atoms with Crippen molar-refractivity contribution in [2.24, 2.45) is 5.73 Å². The largest absolute Gasteiger partial charge is 0.481 e. The van der Waals surface area contributed by atoms with Crippen LogP contribution in [0.1, 0.15) is 12.0 Å². The summed E-state index contributed by atoms with van der Waals surface area (Å²) in [7, 11) is 1.54. The van der Waals surface area contributed by atoms with Gasteiger partial charge in [0.25, 0.3) is 0 Å². The Morgan fingerprint density at radius 3 is 2.93 bits per heavy atom. The number of primary amides is 1. The van der Waals surface area contributed by atoms with E-state index in [1.807, 2.05) is 6.92 Å². The van der Waals surface area contributed by atoms with E-state index >= 15 is 0 Å². The highest BCUT2D eigenvalue weighted by molar-refractivity contribution is 5.74. The number of rotatable bonds is 5. The minimum atomic E-state index is -0.346. The van der Waals surface area contributed by atoms with E-state index in [-0.39, 0.29) is 12.3 Å². The third kappa shape index (κ3) is 3.08. The first kappa shape index (κ1) is 11.2. The van der Waals surface area contributed by atoms with Crippen molar-refractivity contribution in [1.29, 1.82) is 0 Å². The molecule has 3 N–H and O–H groups in total. The second kappa shape index (κ2) is 5.14. The summed E-state index contributed by atoms with van der Waals surface area (Å²) in [6, 6.07) is 0. The van der Waals surface area contributed by atoms with Gasteiger partial charge >= 0.3 is 0 Å². The molecule has 0 fully saturated rings. The van der Waals surface area contributed by atoms with Gasteiger partial charge in [0.05, 0.1) is 12.7 Å². The van der Waals surface area contributed by atoms with Gasteiger partial charge in [-0.1, -0.05) is 0 Å². The van der Waals surface area contributed by atoms with Crippen LogP contribution in [0.3, 0.4) is 0 Å². The van der Waals surface area contributed by atoms with Gasteiger partial charge in [-0.25, -0.2) is 9.97 Å². The van der Waals surface area contributed by atoms with E-state index in [2.05, 4.69) is 15.3 Å². The van der Waals surface area contributed by atoms with Gasteiger partial charge in [-0.05, 0) is 6.92 Å². The summed E-state index contributed by atoms with van der Waals surface area (Å²) in [6.45, 7) is 2.29. The molecule has 0 aliphatic heterocycles. The summed E-state index contributed by atoms with van der Waals surface area (Å²) in [6.07, 6.45) is 1.67. The Bertz CT molecular complexity index is 354. The molecule has 0 saturated carbocycles. The van der Waals surface area contributed by atoms with Crippen LogP contribution in [0.5, 0.6) is 5.88 Å². The van der Waals surface area contributed by atoms with Gasteiger partial charge in [-0.2, -0.15) is 0 Å². The molecule has 0 bridgehead atoms. The molecule has 0 radical (unpaired) electrons. The Morgan fingerprint density at radius 1 is 1.60 bits per heavy atom. The topological polar surface area (TPSA) is 90.1 Å². The van der Waals surface area contributed by atoms with Crippen molar-refractivity contribution in [1.82, 2.24) is 9.97 Å². The minimum absolute atomic E-state index is 0.270. The first-order valence-corrected chi connectivity index (χ1v) is 4.53. The lowest BCUT2D eigenvalue weighted by molar-refractivity contribution is -0.117. The molecule has 1 rings (SSSR count). The van der Waals surface area contributed by atoms with E-state index in [1.54, 1.807) is 7.11 Å². The molecule has 0 saturated heterocycles. The lowest BCUT2D eigenvalue weighted by atomic mass is 10.3. The smallest absolute Gasteiger partial charge is 0.221 e. The summed E-state index contributed by atoms with van der Waals surface area (Å²) in [4.78, 5) is 18.5. The molecule has 6 heteroatoms. The second-order valence-electron chi connectivity index (χ2n) is 3.00. The lowest BCUT2D eigenvalue weighted by Gasteiger charge is -2.09. The summed E-state index contributed by atoms with van der Waals surface area (Å²) < 4.78 is 5.03. The van der Waals surface area contributed by atoms with Crippen LogP contribution in [0.4, 0.5) is 5.82 Å². The highest BCUT2D eigenvalue weighted by Crippen LogP contribution is 2.19. The highest BCUT2D eigenvalue weighted by Gasteiger charge is 2.06. The van der Waals surface area contributed by atoms with Gasteiger partial charge in [0, 0.05) is 13.0 Å². The van der Waals surface area contributed by atoms with Crippen LogP contribution in [-0.4, -0.2) is 29.5 Å². The van der Waals surface area contributed by atoms with Crippen LogP contribution in [0, 0.1) is 6.92 Å². The van der Waals surface area contributed by atoms with Crippen LogP contribution in [-0.2, 0) is 4.79 Å². The van der Waals surface area contributed by atoms with Crippen molar-refractivity contribution in [3.05, 3.63) is 11.9 Å². The number of ether oxygens (including phenoxy) is 1. The van der Waals surface area contributed by atoms with Gasteiger partial charge in [0.2, 0.25) is 11.8 Å². The third-order valence-corrected chi connectivity index (χ3v) is 1.90. The predicted octanol–water partition coefficient (Wildman–Crippen LogP) is 0.0809. The molecule has 0 spiro atoms. The molecule has 1 aromatic heterocycles. The number of carbonyl (C=O) groups is 1. The third-order valence-electron chi connectivity index (χ3n) is 1.90. The fraction of sp³-hybridized carbons (Fsp3) is 0.444. The summed E-state index contributed by atoms with van der Waals surface area (Å²) in [5, 5.41) is 2.99. The van der Waals surface area contributed by atoms with Crippen molar-refractivity contribution in [3.63, 3.8) is 0 Å². The SMILES string of the molecule is COc1ncnc(NCCC(N)=O)c1C. The van der Waals surface area contributed by atoms with E-state index in [4.69, 9.17) is 10.5 Å². The number of aromatic nitrogens is 2. The predicted molar refractivity (Wildman–Crippen MR) is 55.6 cm³/mol. The Morgan fingerprint density at radius 2 is 2.33 bits per heavy atom. The van der Waals surface area contributed by atoms with Crippen LogP contribution in [0.2, 0.25) is 0 Å². The lowest BCUT2D eigenvalue weighted by Crippen LogP contribution is -2.16. The first-order chi connectivity index (χ1) is 7.15. The van der Waals surface area contributed by atoms with E-state index in [0.29, 0.717) is 18.2 Å². The summed E-state index contributed by atoms with van der Waals surface area (Å²) in [5.74, 6) is 0.829. The first-order valence-electron chi connectivity index (χ1n) is 4.53. The minimum Gasteiger partial charge on any atom is -0.481 e. The zero-order valence-corrected chi connectivity index (χ0v) is 8.78. The molecule has 1 aromatic rings. The van der Waals surface area contributed by atoms with Crippen LogP contribution < -0.4 is 15.8 Å². The van der Waals surface area contributed by atoms with E-state index < -0.39 is 0 Å². The highest BCUT2D eigenvalue weighted by atomic mass is 16.5. The maximum atomic E-state index is 10.5. The second-order valence-corrected chi connectivity index (χ2v) is 3.00. The number of hydrogen-bond donors (Lipinski definition) is 2. The molecule has 0 unspecified atom stereocenters. The van der Waals surface area contributed by atoms with Gasteiger partial charge in [0.1, 0.15) is 12.1 Å². The zero-order chi connectivity index (χ0) is 11.3. The maximum Gasteiger partial charge on any atom is 0.221 e. The number of hydrogen-bond acceptors (Lipinski definition) is 5. The molecule has 0 atom stereocenters. The van der Waals surface area contributed by atoms with E-state index in [1.165, 1.54) is 6.33 Å². The molecule has 1 heterocycles. The van der Waals surface area contributed by atoms with Gasteiger partial charge in [-0.15, -0.1) is 0 Å². The number of nitrogens with zero attached hydrogens (tertiary/aromatic N) is 2. The molecule has 0 aromatic carbocycles. The number of nitrogens with two attached hydrogens (primary N) is 1. The monoisotopic (exact) mass is 210 g/mol. The number of carbonyl (C=O) groups excluding carboxylic acids is 1. The van der Waals surface area contributed by atoms with Crippen molar-refractivity contribution in [2.75, 3.05) is 19.0 Å². The molecule has 0 aliphatic rings. The molecular formula is C9H14N4O2. The normalized spacial score (nSPS) is 9.73. The Kier molecular flexibility index (Phi) is 3.84. The van der Waals surface area contributed by atoms with Crippen molar-refractivity contribution in [3.8, 4) is 5.88 Å². The van der Waals surface area contributed by atoms with E-state index in [0.717, 1.165) is 5.56 Å². The quantitative estimate of drug-likeness (QED) is 0.718. The van der Waals surface area contributed by atoms with Crippen LogP contribution >= 0.6 is 0 Å². The fourth-order valence-electron chi connectivity index (χ4n) is 1.12. The van der Waals surface area contributed by atoms with Gasteiger partial charge in [0.15, 0.2) is 0 Å². The average Bonchev–Trinajstić information content (AvgIpc) is 2.20. The average molecular weight is 210 g/mol. The molecule has 82 valence electrons. The van der Waals surface area contributed by atoms with Crippen molar-refractivity contribution >= 4 is 11.7 Å². The molecular weight excluding hydrogens is 196 g/mol. The number of amides is 1. The van der Waals surface area contributed by atoms with Crippen molar-refractivity contribution < 1.29 is 9.53 Å². The summed E-state index contributed by atoms with van der Waals surface area (Å²) >= 11 is 0. The standard InChI is InChI=1S/C9H14N4O2/c1-6-8(11-4-3-7(10)14)12-5-13-9(6)15-2/h5H,3-4H2,1-2H3,(H2,10,14)(H,11,12,13). The Balaban J connectivity index is 2.64. The molecule has 1 amide bonds. The zero-order valence-electron chi connectivity index (χ0n) is 8.78. The van der Waals surface area contributed by atoms with Crippen molar-refractivity contribution in [2.45, 2.75) is 13.3 Å². The Labute approximate surface area is 87.9 Å². The number of anilines is 1. The summed E-state index contributed by atoms with van der Waals surface area (Å²) in [5.41, 5.74) is 5.82. The van der Waals surface area contributed by atoms with Gasteiger partial charge < -0.3 is 15.8 Å². The Hall–Kier alpha value is -1.85. The number of methoxy groups -OCH3 is 1.